The molecule has 0 aliphatic rings. The highest BCUT2D eigenvalue weighted by Crippen LogP contribution is 2.31. The SMILES string of the molecule is COc1cc(/C=N\NC(=O)Cc2nnc(NC(=O)c3ccccc3)s2)ccc1O[C@@H](C)c1ccccc1. The summed E-state index contributed by atoms with van der Waals surface area (Å²) in [6.07, 6.45) is 1.33. The highest BCUT2D eigenvalue weighted by atomic mass is 32.1. The van der Waals surface area contributed by atoms with E-state index in [1.165, 1.54) is 6.21 Å². The van der Waals surface area contributed by atoms with E-state index < -0.39 is 0 Å². The molecular formula is C27H25N5O4S. The van der Waals surface area contributed by atoms with E-state index in [1.807, 2.05) is 49.4 Å². The first kappa shape index (κ1) is 25.5. The molecule has 188 valence electrons. The van der Waals surface area contributed by atoms with Gasteiger partial charge >= 0.3 is 0 Å². The number of rotatable bonds is 10. The molecule has 4 aromatic rings. The zero-order chi connectivity index (χ0) is 26.0. The van der Waals surface area contributed by atoms with Gasteiger partial charge in [0, 0.05) is 5.56 Å². The number of ether oxygens (including phenoxy) is 2. The van der Waals surface area contributed by atoms with E-state index in [1.54, 1.807) is 43.5 Å². The largest absolute Gasteiger partial charge is 0.493 e. The minimum absolute atomic E-state index is 0.0241. The van der Waals surface area contributed by atoms with Gasteiger partial charge in [0.2, 0.25) is 11.0 Å². The maximum Gasteiger partial charge on any atom is 0.257 e. The third kappa shape index (κ3) is 7.21. The average molecular weight is 516 g/mol. The highest BCUT2D eigenvalue weighted by molar-refractivity contribution is 7.15. The molecule has 0 spiro atoms. The molecule has 0 saturated carbocycles. The van der Waals surface area contributed by atoms with Crippen molar-refractivity contribution in [3.63, 3.8) is 0 Å². The van der Waals surface area contributed by atoms with Crippen molar-refractivity contribution in [2.24, 2.45) is 5.10 Å². The van der Waals surface area contributed by atoms with Gasteiger partial charge in [0.1, 0.15) is 11.1 Å². The number of carbonyl (C=O) groups is 2. The highest BCUT2D eigenvalue weighted by Gasteiger charge is 2.13. The maximum absolute atomic E-state index is 12.3. The van der Waals surface area contributed by atoms with Gasteiger partial charge in [0.05, 0.1) is 19.7 Å². The Morgan fingerprint density at radius 1 is 1.00 bits per heavy atom. The van der Waals surface area contributed by atoms with Crippen LogP contribution in [0.2, 0.25) is 0 Å². The first-order chi connectivity index (χ1) is 18.0. The summed E-state index contributed by atoms with van der Waals surface area (Å²) in [6.45, 7) is 1.97. The van der Waals surface area contributed by atoms with Crippen molar-refractivity contribution in [1.29, 1.82) is 0 Å². The van der Waals surface area contributed by atoms with Crippen LogP contribution in [0.5, 0.6) is 11.5 Å². The zero-order valence-electron chi connectivity index (χ0n) is 20.3. The van der Waals surface area contributed by atoms with Crippen LogP contribution in [0.15, 0.2) is 84.0 Å². The minimum atomic E-state index is -0.364. The molecule has 1 aromatic heterocycles. The van der Waals surface area contributed by atoms with Crippen LogP contribution in [-0.4, -0.2) is 35.3 Å². The smallest absolute Gasteiger partial charge is 0.257 e. The number of anilines is 1. The van der Waals surface area contributed by atoms with Crippen LogP contribution in [-0.2, 0) is 11.2 Å². The molecule has 1 heterocycles. The molecule has 0 fully saturated rings. The van der Waals surface area contributed by atoms with Crippen molar-refractivity contribution in [1.82, 2.24) is 15.6 Å². The minimum Gasteiger partial charge on any atom is -0.493 e. The Balaban J connectivity index is 1.29. The Hall–Kier alpha value is -4.57. The predicted octanol–water partition coefficient (Wildman–Crippen LogP) is 4.63. The lowest BCUT2D eigenvalue weighted by atomic mass is 10.1. The third-order valence-electron chi connectivity index (χ3n) is 5.20. The maximum atomic E-state index is 12.3. The number of benzene rings is 3. The predicted molar refractivity (Wildman–Crippen MR) is 142 cm³/mol. The topological polar surface area (TPSA) is 115 Å². The lowest BCUT2D eigenvalue weighted by Gasteiger charge is -2.17. The number of nitrogens with one attached hydrogen (secondary N) is 2. The van der Waals surface area contributed by atoms with Crippen molar-refractivity contribution in [3.05, 3.63) is 101 Å². The van der Waals surface area contributed by atoms with Gasteiger partial charge in [-0.15, -0.1) is 10.2 Å². The van der Waals surface area contributed by atoms with Gasteiger partial charge < -0.3 is 9.47 Å². The molecule has 37 heavy (non-hydrogen) atoms. The van der Waals surface area contributed by atoms with E-state index >= 15 is 0 Å². The summed E-state index contributed by atoms with van der Waals surface area (Å²) in [5.74, 6) is 0.499. The van der Waals surface area contributed by atoms with Gasteiger partial charge in [0.15, 0.2) is 11.5 Å². The van der Waals surface area contributed by atoms with E-state index in [0.717, 1.165) is 22.5 Å². The van der Waals surface area contributed by atoms with E-state index in [0.29, 0.717) is 27.2 Å². The molecule has 2 N–H and O–H groups in total. The van der Waals surface area contributed by atoms with Gasteiger partial charge in [-0.2, -0.15) is 5.10 Å². The fourth-order valence-electron chi connectivity index (χ4n) is 3.33. The summed E-state index contributed by atoms with van der Waals surface area (Å²) in [7, 11) is 1.57. The van der Waals surface area contributed by atoms with Gasteiger partial charge in [0.25, 0.3) is 5.91 Å². The van der Waals surface area contributed by atoms with Crippen LogP contribution in [0.4, 0.5) is 5.13 Å². The second kappa shape index (κ2) is 12.4. The van der Waals surface area contributed by atoms with Crippen LogP contribution < -0.4 is 20.2 Å². The molecule has 0 bridgehead atoms. The lowest BCUT2D eigenvalue weighted by Crippen LogP contribution is -2.19. The molecule has 3 aromatic carbocycles. The zero-order valence-corrected chi connectivity index (χ0v) is 21.1. The van der Waals surface area contributed by atoms with Crippen LogP contribution in [0.25, 0.3) is 0 Å². The second-order valence-corrected chi connectivity index (χ2v) is 8.93. The fourth-order valence-corrected chi connectivity index (χ4v) is 4.07. The lowest BCUT2D eigenvalue weighted by molar-refractivity contribution is -0.120. The molecule has 0 radical (unpaired) electrons. The Kier molecular flexibility index (Phi) is 8.56. The van der Waals surface area contributed by atoms with E-state index in [2.05, 4.69) is 26.0 Å². The molecule has 10 heteroatoms. The normalized spacial score (nSPS) is 11.6. The molecule has 9 nitrogen and oxygen atoms in total. The summed E-state index contributed by atoms with van der Waals surface area (Å²) >= 11 is 1.13. The van der Waals surface area contributed by atoms with Crippen molar-refractivity contribution < 1.29 is 19.1 Å². The number of hydrogen-bond donors (Lipinski definition) is 2. The molecule has 2 amide bonds. The molecular weight excluding hydrogens is 490 g/mol. The van der Waals surface area contributed by atoms with Crippen LogP contribution in [0.1, 0.15) is 39.5 Å². The summed E-state index contributed by atoms with van der Waals surface area (Å²) < 4.78 is 11.5. The number of methoxy groups -OCH3 is 1. The van der Waals surface area contributed by atoms with Crippen molar-refractivity contribution >= 4 is 34.5 Å². The molecule has 4 rings (SSSR count). The summed E-state index contributed by atoms with van der Waals surface area (Å²) in [5.41, 5.74) is 4.75. The second-order valence-electron chi connectivity index (χ2n) is 7.87. The quantitative estimate of drug-likeness (QED) is 0.235. The third-order valence-corrected chi connectivity index (χ3v) is 6.04. The van der Waals surface area contributed by atoms with Gasteiger partial charge in [-0.05, 0) is 48.4 Å². The summed E-state index contributed by atoms with van der Waals surface area (Å²) in [5, 5.41) is 15.3. The Labute approximate surface area is 218 Å². The average Bonchev–Trinajstić information content (AvgIpc) is 3.36. The van der Waals surface area contributed by atoms with Gasteiger partial charge in [-0.1, -0.05) is 59.9 Å². The number of amides is 2. The Morgan fingerprint density at radius 3 is 2.46 bits per heavy atom. The van der Waals surface area contributed by atoms with Gasteiger partial charge in [-0.25, -0.2) is 5.43 Å². The number of nitrogens with zero attached hydrogens (tertiary/aromatic N) is 3. The molecule has 0 unspecified atom stereocenters. The number of aromatic nitrogens is 2. The van der Waals surface area contributed by atoms with Crippen LogP contribution in [0.3, 0.4) is 0 Å². The first-order valence-electron chi connectivity index (χ1n) is 11.4. The van der Waals surface area contributed by atoms with Gasteiger partial charge in [-0.3, -0.25) is 14.9 Å². The fraction of sp³-hybridized carbons (Fsp3) is 0.148. The van der Waals surface area contributed by atoms with Crippen molar-refractivity contribution in [3.8, 4) is 11.5 Å². The molecule has 0 aliphatic carbocycles. The number of hydrazone groups is 1. The first-order valence-corrected chi connectivity index (χ1v) is 12.2. The Bertz CT molecular complexity index is 1380. The number of hydrogen-bond acceptors (Lipinski definition) is 8. The summed E-state index contributed by atoms with van der Waals surface area (Å²) in [4.78, 5) is 24.5. The monoisotopic (exact) mass is 515 g/mol. The molecule has 0 saturated heterocycles. The Morgan fingerprint density at radius 2 is 1.73 bits per heavy atom. The summed E-state index contributed by atoms with van der Waals surface area (Å²) in [6, 6.07) is 24.1. The van der Waals surface area contributed by atoms with E-state index in [9.17, 15) is 9.59 Å². The van der Waals surface area contributed by atoms with Crippen molar-refractivity contribution in [2.45, 2.75) is 19.4 Å². The van der Waals surface area contributed by atoms with Crippen molar-refractivity contribution in [2.75, 3.05) is 12.4 Å². The van der Waals surface area contributed by atoms with E-state index in [-0.39, 0.29) is 24.3 Å². The van der Waals surface area contributed by atoms with Crippen LogP contribution >= 0.6 is 11.3 Å². The molecule has 1 atom stereocenters. The molecule has 0 aliphatic heterocycles. The van der Waals surface area contributed by atoms with E-state index in [4.69, 9.17) is 9.47 Å². The standard InChI is InChI=1S/C27H25N5O4S/c1-18(20-9-5-3-6-10-20)36-22-14-13-19(15-23(22)35-2)17-28-30-24(33)16-25-31-32-27(37-25)29-26(34)21-11-7-4-8-12-21/h3-15,17-18H,16H2,1-2H3,(H,30,33)(H,29,32,34)/b28-17-/t18-/m0/s1. The number of carbonyl (C=O) groups excluding carboxylic acids is 2. The van der Waals surface area contributed by atoms with Crippen LogP contribution in [0, 0.1) is 0 Å².